The first-order valence-corrected chi connectivity index (χ1v) is 12.1. The number of nitrogens with zero attached hydrogens (tertiary/aromatic N) is 1. The summed E-state index contributed by atoms with van der Waals surface area (Å²) in [5.74, 6) is -0.0620. The minimum Gasteiger partial charge on any atom is -0.395 e. The Balaban J connectivity index is 1.77. The van der Waals surface area contributed by atoms with E-state index in [2.05, 4.69) is 12.2 Å². The molecule has 0 unspecified atom stereocenters. The number of likely N-dealkylation sites (N-methyl/N-ethyl adjacent to an activating group) is 1. The summed E-state index contributed by atoms with van der Waals surface area (Å²) in [4.78, 5) is 26.6. The van der Waals surface area contributed by atoms with Crippen LogP contribution in [0.3, 0.4) is 0 Å². The maximum atomic E-state index is 12.5. The van der Waals surface area contributed by atoms with Crippen molar-refractivity contribution in [3.8, 4) is 0 Å². The van der Waals surface area contributed by atoms with Crippen molar-refractivity contribution in [2.75, 3.05) is 30.4 Å². The average molecular weight is 451 g/mol. The Morgan fingerprint density at radius 1 is 0.909 bits per heavy atom. The molecule has 0 saturated heterocycles. The molecule has 0 fully saturated rings. The number of unbranched alkanes of at least 4 members (excludes halogenated alkanes) is 6. The van der Waals surface area contributed by atoms with Gasteiger partial charge in [-0.2, -0.15) is 0 Å². The minimum atomic E-state index is -0.0857. The van der Waals surface area contributed by atoms with Crippen LogP contribution in [0, 0.1) is 0 Å². The van der Waals surface area contributed by atoms with Gasteiger partial charge in [0, 0.05) is 37.0 Å². The summed E-state index contributed by atoms with van der Waals surface area (Å²) < 4.78 is 0. The molecule has 178 valence electrons. The van der Waals surface area contributed by atoms with Crippen molar-refractivity contribution in [2.45, 2.75) is 58.3 Å². The number of rotatable bonds is 15. The Kier molecular flexibility index (Phi) is 12.0. The highest BCUT2D eigenvalue weighted by atomic mass is 16.3. The number of aliphatic hydroxyl groups is 1. The summed E-state index contributed by atoms with van der Waals surface area (Å²) in [6, 6.07) is 14.8. The summed E-state index contributed by atoms with van der Waals surface area (Å²) in [5, 5.41) is 11.9. The van der Waals surface area contributed by atoms with E-state index in [1.807, 2.05) is 36.2 Å². The molecule has 0 radical (unpaired) electrons. The normalized spacial score (nSPS) is 11.0. The fraction of sp³-hybridized carbons (Fsp3) is 0.429. The molecule has 5 heteroatoms. The Morgan fingerprint density at radius 2 is 1.55 bits per heavy atom. The molecular weight excluding hydrogens is 412 g/mol. The van der Waals surface area contributed by atoms with Gasteiger partial charge in [-0.1, -0.05) is 63.7 Å². The van der Waals surface area contributed by atoms with E-state index in [9.17, 15) is 9.59 Å². The molecule has 33 heavy (non-hydrogen) atoms. The lowest BCUT2D eigenvalue weighted by molar-refractivity contribution is -0.116. The van der Waals surface area contributed by atoms with E-state index in [0.29, 0.717) is 24.2 Å². The number of amides is 1. The maximum Gasteiger partial charge on any atom is 0.224 e. The smallest absolute Gasteiger partial charge is 0.224 e. The number of allylic oxidation sites excluding steroid dienone is 1. The Labute approximate surface area is 198 Å². The molecule has 2 aromatic rings. The van der Waals surface area contributed by atoms with E-state index < -0.39 is 0 Å². The van der Waals surface area contributed by atoms with E-state index in [4.69, 9.17) is 5.11 Å². The number of hydrogen-bond acceptors (Lipinski definition) is 4. The number of nitrogens with one attached hydrogen (secondary N) is 1. The SMILES string of the molecule is CCCCCCCCCC(=O)Nc1ccc(C(=O)/C=C/c2ccc(N(C)CCO)cc2)cc1. The zero-order valence-electron chi connectivity index (χ0n) is 20.1. The lowest BCUT2D eigenvalue weighted by Crippen LogP contribution is -2.20. The molecule has 5 nitrogen and oxygen atoms in total. The summed E-state index contributed by atoms with van der Waals surface area (Å²) in [6.07, 6.45) is 12.2. The topological polar surface area (TPSA) is 69.6 Å². The molecule has 0 aliphatic carbocycles. The van der Waals surface area contributed by atoms with Crippen LogP contribution >= 0.6 is 0 Å². The molecule has 2 rings (SSSR count). The highest BCUT2D eigenvalue weighted by Crippen LogP contribution is 2.16. The predicted molar refractivity (Wildman–Crippen MR) is 138 cm³/mol. The number of hydrogen-bond donors (Lipinski definition) is 2. The van der Waals surface area contributed by atoms with Crippen LogP contribution in [0.25, 0.3) is 6.08 Å². The molecule has 2 aromatic carbocycles. The standard InChI is InChI=1S/C28H38N2O3/c1-3-4-5-6-7-8-9-10-28(33)29-25-16-14-24(15-17-25)27(32)20-13-23-11-18-26(19-12-23)30(2)21-22-31/h11-20,31H,3-10,21-22H2,1-2H3,(H,29,33)/b20-13+. The van der Waals surface area contributed by atoms with Crippen molar-refractivity contribution in [1.82, 2.24) is 0 Å². The lowest BCUT2D eigenvalue weighted by Gasteiger charge is -2.17. The van der Waals surface area contributed by atoms with Gasteiger partial charge < -0.3 is 15.3 Å². The van der Waals surface area contributed by atoms with Crippen LogP contribution in [0.15, 0.2) is 54.6 Å². The Bertz CT molecular complexity index is 873. The van der Waals surface area contributed by atoms with Crippen molar-refractivity contribution in [1.29, 1.82) is 0 Å². The van der Waals surface area contributed by atoms with Crippen molar-refractivity contribution in [3.05, 3.63) is 65.7 Å². The second-order valence-electron chi connectivity index (χ2n) is 8.43. The van der Waals surface area contributed by atoms with Gasteiger partial charge in [0.2, 0.25) is 5.91 Å². The van der Waals surface area contributed by atoms with Gasteiger partial charge >= 0.3 is 0 Å². The Morgan fingerprint density at radius 3 is 2.18 bits per heavy atom. The van der Waals surface area contributed by atoms with Crippen molar-refractivity contribution < 1.29 is 14.7 Å². The summed E-state index contributed by atoms with van der Waals surface area (Å²) in [5.41, 5.74) is 3.23. The molecule has 0 bridgehead atoms. The molecule has 0 spiro atoms. The highest BCUT2D eigenvalue weighted by Gasteiger charge is 2.05. The van der Waals surface area contributed by atoms with Gasteiger partial charge in [0.15, 0.2) is 5.78 Å². The van der Waals surface area contributed by atoms with Crippen LogP contribution in [0.5, 0.6) is 0 Å². The third kappa shape index (κ3) is 10.0. The molecular formula is C28H38N2O3. The quantitative estimate of drug-likeness (QED) is 0.196. The van der Waals surface area contributed by atoms with Crippen LogP contribution in [-0.2, 0) is 4.79 Å². The minimum absolute atomic E-state index is 0.0237. The number of carbonyl (C=O) groups excluding carboxylic acids is 2. The largest absolute Gasteiger partial charge is 0.395 e. The van der Waals surface area contributed by atoms with Gasteiger partial charge in [-0.15, -0.1) is 0 Å². The Hall–Kier alpha value is -2.92. The third-order valence-corrected chi connectivity index (χ3v) is 5.66. The predicted octanol–water partition coefficient (Wildman–Crippen LogP) is 6.09. The molecule has 0 aliphatic rings. The van der Waals surface area contributed by atoms with Crippen molar-refractivity contribution >= 4 is 29.1 Å². The summed E-state index contributed by atoms with van der Waals surface area (Å²) >= 11 is 0. The number of benzene rings is 2. The maximum absolute atomic E-state index is 12.5. The molecule has 1 amide bonds. The monoisotopic (exact) mass is 450 g/mol. The number of aliphatic hydroxyl groups excluding tert-OH is 1. The van der Waals surface area contributed by atoms with Gasteiger partial charge in [-0.25, -0.2) is 0 Å². The van der Waals surface area contributed by atoms with E-state index in [1.165, 1.54) is 32.1 Å². The van der Waals surface area contributed by atoms with E-state index >= 15 is 0 Å². The van der Waals surface area contributed by atoms with Gasteiger partial charge in [0.25, 0.3) is 0 Å². The summed E-state index contributed by atoms with van der Waals surface area (Å²) in [6.45, 7) is 2.89. The van der Waals surface area contributed by atoms with Crippen LogP contribution in [-0.4, -0.2) is 37.0 Å². The number of anilines is 2. The molecule has 0 aliphatic heterocycles. The van der Waals surface area contributed by atoms with Gasteiger partial charge in [-0.3, -0.25) is 9.59 Å². The fourth-order valence-corrected chi connectivity index (χ4v) is 3.57. The van der Waals surface area contributed by atoms with Crippen LogP contribution in [0.4, 0.5) is 11.4 Å². The summed E-state index contributed by atoms with van der Waals surface area (Å²) in [7, 11) is 1.92. The van der Waals surface area contributed by atoms with Gasteiger partial charge in [0.05, 0.1) is 6.61 Å². The third-order valence-electron chi connectivity index (χ3n) is 5.66. The lowest BCUT2D eigenvalue weighted by atomic mass is 10.1. The zero-order chi connectivity index (χ0) is 23.9. The first-order valence-electron chi connectivity index (χ1n) is 12.1. The zero-order valence-corrected chi connectivity index (χ0v) is 20.1. The second-order valence-corrected chi connectivity index (χ2v) is 8.43. The molecule has 0 heterocycles. The van der Waals surface area contributed by atoms with Crippen molar-refractivity contribution in [3.63, 3.8) is 0 Å². The number of carbonyl (C=O) groups is 2. The first-order chi connectivity index (χ1) is 16.0. The molecule has 0 saturated carbocycles. The average Bonchev–Trinajstić information content (AvgIpc) is 2.83. The second kappa shape index (κ2) is 15.0. The van der Waals surface area contributed by atoms with E-state index in [0.717, 1.165) is 24.1 Å². The highest BCUT2D eigenvalue weighted by molar-refractivity contribution is 6.07. The first kappa shape index (κ1) is 26.3. The molecule has 2 N–H and O–H groups in total. The number of ketones is 1. The van der Waals surface area contributed by atoms with Crippen LogP contribution in [0.1, 0.15) is 74.2 Å². The van der Waals surface area contributed by atoms with Gasteiger partial charge in [-0.05, 0) is 54.5 Å². The fourth-order valence-electron chi connectivity index (χ4n) is 3.57. The van der Waals surface area contributed by atoms with Crippen LogP contribution in [0.2, 0.25) is 0 Å². The van der Waals surface area contributed by atoms with Crippen LogP contribution < -0.4 is 10.2 Å². The van der Waals surface area contributed by atoms with Crippen molar-refractivity contribution in [2.24, 2.45) is 0 Å². The molecule has 0 atom stereocenters. The van der Waals surface area contributed by atoms with Gasteiger partial charge in [0.1, 0.15) is 0 Å². The van der Waals surface area contributed by atoms with E-state index in [1.54, 1.807) is 36.4 Å². The molecule has 0 aromatic heterocycles. The van der Waals surface area contributed by atoms with E-state index in [-0.39, 0.29) is 18.3 Å².